The number of hydrogen-bond donors (Lipinski definition) is 1. The lowest BCUT2D eigenvalue weighted by molar-refractivity contribution is -0.139. The number of aryl methyl sites for hydroxylation is 1. The molecule has 0 spiro atoms. The van der Waals surface area contributed by atoms with Crippen molar-refractivity contribution in [2.24, 2.45) is 0 Å². The summed E-state index contributed by atoms with van der Waals surface area (Å²) in [6, 6.07) is 13.1. The highest BCUT2D eigenvalue weighted by atomic mass is 19.4. The van der Waals surface area contributed by atoms with Crippen LogP contribution in [-0.2, 0) is 22.1 Å². The summed E-state index contributed by atoms with van der Waals surface area (Å²) in [6.07, 6.45) is -3.62. The third kappa shape index (κ3) is 6.97. The molecule has 168 valence electrons. The van der Waals surface area contributed by atoms with Gasteiger partial charge in [-0.2, -0.15) is 13.2 Å². The standard InChI is InChI=1S/C23H26F3NO4/c24-23(25,26)20-6-2-1-4-17(20)5-3-14-30-19-9-7-18(8-10-19)21-16-27(13-15-31-21)12-11-22(28)29/h1-2,4,6-10,21H,3,5,11-16H2,(H,28,29). The SMILES string of the molecule is O=C(O)CCN1CCOC(c2ccc(OCCCc3ccccc3C(F)(F)F)cc2)C1. The molecule has 0 saturated carbocycles. The molecule has 3 rings (SSSR count). The fraction of sp³-hybridized carbons (Fsp3) is 0.435. The van der Waals surface area contributed by atoms with E-state index >= 15 is 0 Å². The van der Waals surface area contributed by atoms with E-state index in [1.807, 2.05) is 24.3 Å². The number of rotatable bonds is 9. The summed E-state index contributed by atoms with van der Waals surface area (Å²) in [5.74, 6) is -0.169. The summed E-state index contributed by atoms with van der Waals surface area (Å²) in [6.45, 7) is 2.69. The van der Waals surface area contributed by atoms with E-state index in [1.54, 1.807) is 6.07 Å². The second-order valence-corrected chi connectivity index (χ2v) is 7.48. The highest BCUT2D eigenvalue weighted by molar-refractivity contribution is 5.66. The Labute approximate surface area is 179 Å². The van der Waals surface area contributed by atoms with Crippen molar-refractivity contribution in [3.63, 3.8) is 0 Å². The van der Waals surface area contributed by atoms with Crippen molar-refractivity contribution in [2.45, 2.75) is 31.5 Å². The molecule has 1 fully saturated rings. The van der Waals surface area contributed by atoms with Crippen LogP contribution in [0.3, 0.4) is 0 Å². The van der Waals surface area contributed by atoms with Crippen LogP contribution in [0, 0.1) is 0 Å². The molecule has 8 heteroatoms. The molecule has 5 nitrogen and oxygen atoms in total. The Balaban J connectivity index is 1.47. The van der Waals surface area contributed by atoms with Crippen LogP contribution >= 0.6 is 0 Å². The first kappa shape index (κ1) is 23.1. The number of carboxylic acids is 1. The summed E-state index contributed by atoms with van der Waals surface area (Å²) in [5, 5.41) is 8.84. The molecular formula is C23H26F3NO4. The van der Waals surface area contributed by atoms with Crippen LogP contribution in [0.4, 0.5) is 13.2 Å². The van der Waals surface area contributed by atoms with Gasteiger partial charge >= 0.3 is 12.1 Å². The number of ether oxygens (including phenoxy) is 2. The normalized spacial score (nSPS) is 17.5. The van der Waals surface area contributed by atoms with E-state index in [0.29, 0.717) is 45.0 Å². The van der Waals surface area contributed by atoms with Gasteiger partial charge in [-0.15, -0.1) is 0 Å². The van der Waals surface area contributed by atoms with Crippen molar-refractivity contribution < 1.29 is 32.5 Å². The average Bonchev–Trinajstić information content (AvgIpc) is 2.75. The number of alkyl halides is 3. The lowest BCUT2D eigenvalue weighted by Gasteiger charge is -2.32. The van der Waals surface area contributed by atoms with Gasteiger partial charge in [-0.1, -0.05) is 30.3 Å². The van der Waals surface area contributed by atoms with E-state index in [4.69, 9.17) is 14.6 Å². The molecular weight excluding hydrogens is 411 g/mol. The number of benzene rings is 2. The van der Waals surface area contributed by atoms with Gasteiger partial charge in [-0.05, 0) is 42.2 Å². The van der Waals surface area contributed by atoms with Gasteiger partial charge in [0.25, 0.3) is 0 Å². The van der Waals surface area contributed by atoms with E-state index in [1.165, 1.54) is 12.1 Å². The van der Waals surface area contributed by atoms with Gasteiger partial charge in [0, 0.05) is 19.6 Å². The summed E-state index contributed by atoms with van der Waals surface area (Å²) < 4.78 is 50.6. The number of carbonyl (C=O) groups is 1. The van der Waals surface area contributed by atoms with Crippen molar-refractivity contribution in [3.8, 4) is 5.75 Å². The first-order chi connectivity index (χ1) is 14.8. The van der Waals surface area contributed by atoms with Gasteiger partial charge in [0.2, 0.25) is 0 Å². The van der Waals surface area contributed by atoms with Crippen molar-refractivity contribution in [1.29, 1.82) is 0 Å². The molecule has 1 aliphatic rings. The molecule has 1 N–H and O–H groups in total. The Morgan fingerprint density at radius 3 is 2.61 bits per heavy atom. The Hall–Kier alpha value is -2.58. The van der Waals surface area contributed by atoms with Crippen LogP contribution in [0.5, 0.6) is 5.75 Å². The van der Waals surface area contributed by atoms with Gasteiger partial charge in [-0.25, -0.2) is 0 Å². The molecule has 1 atom stereocenters. The molecule has 31 heavy (non-hydrogen) atoms. The van der Waals surface area contributed by atoms with Gasteiger partial charge in [0.15, 0.2) is 0 Å². The Bertz CT molecular complexity index is 855. The fourth-order valence-electron chi connectivity index (χ4n) is 3.61. The van der Waals surface area contributed by atoms with Crippen LogP contribution in [0.2, 0.25) is 0 Å². The minimum absolute atomic E-state index is 0.104. The third-order valence-electron chi connectivity index (χ3n) is 5.23. The predicted molar refractivity (Wildman–Crippen MR) is 109 cm³/mol. The highest BCUT2D eigenvalue weighted by Crippen LogP contribution is 2.32. The lowest BCUT2D eigenvalue weighted by atomic mass is 10.0. The molecule has 1 unspecified atom stereocenters. The minimum Gasteiger partial charge on any atom is -0.494 e. The maximum atomic E-state index is 13.0. The number of hydrogen-bond acceptors (Lipinski definition) is 4. The lowest BCUT2D eigenvalue weighted by Crippen LogP contribution is -2.39. The number of carboxylic acid groups (broad SMARTS) is 1. The molecule has 1 heterocycles. The molecule has 2 aromatic carbocycles. The first-order valence-electron chi connectivity index (χ1n) is 10.3. The van der Waals surface area contributed by atoms with E-state index in [0.717, 1.165) is 11.6 Å². The Morgan fingerprint density at radius 2 is 1.90 bits per heavy atom. The van der Waals surface area contributed by atoms with Crippen LogP contribution in [0.25, 0.3) is 0 Å². The summed E-state index contributed by atoms with van der Waals surface area (Å²) in [7, 11) is 0. The van der Waals surface area contributed by atoms with E-state index in [-0.39, 0.29) is 24.5 Å². The van der Waals surface area contributed by atoms with Crippen molar-refractivity contribution in [1.82, 2.24) is 4.90 Å². The molecule has 0 amide bonds. The maximum Gasteiger partial charge on any atom is 0.416 e. The van der Waals surface area contributed by atoms with Crippen LogP contribution < -0.4 is 4.74 Å². The monoisotopic (exact) mass is 437 g/mol. The molecule has 0 aromatic heterocycles. The molecule has 1 aliphatic heterocycles. The van der Waals surface area contributed by atoms with Crippen molar-refractivity contribution >= 4 is 5.97 Å². The zero-order valence-corrected chi connectivity index (χ0v) is 17.1. The predicted octanol–water partition coefficient (Wildman–Crippen LogP) is 4.57. The van der Waals surface area contributed by atoms with E-state index in [9.17, 15) is 18.0 Å². The zero-order chi connectivity index (χ0) is 22.3. The quantitative estimate of drug-likeness (QED) is 0.583. The first-order valence-corrected chi connectivity index (χ1v) is 10.3. The van der Waals surface area contributed by atoms with E-state index in [2.05, 4.69) is 4.90 Å². The highest BCUT2D eigenvalue weighted by Gasteiger charge is 2.32. The van der Waals surface area contributed by atoms with Gasteiger partial charge in [0.1, 0.15) is 5.75 Å². The molecule has 0 bridgehead atoms. The zero-order valence-electron chi connectivity index (χ0n) is 17.1. The van der Waals surface area contributed by atoms with Crippen LogP contribution in [-0.4, -0.2) is 48.8 Å². The molecule has 2 aromatic rings. The van der Waals surface area contributed by atoms with Gasteiger partial charge in [-0.3, -0.25) is 9.69 Å². The topological polar surface area (TPSA) is 59.0 Å². The maximum absolute atomic E-state index is 13.0. The van der Waals surface area contributed by atoms with E-state index < -0.39 is 17.7 Å². The second-order valence-electron chi connectivity index (χ2n) is 7.48. The second kappa shape index (κ2) is 10.6. The largest absolute Gasteiger partial charge is 0.494 e. The van der Waals surface area contributed by atoms with Crippen molar-refractivity contribution in [2.75, 3.05) is 32.8 Å². The summed E-state index contributed by atoms with van der Waals surface area (Å²) >= 11 is 0. The fourth-order valence-corrected chi connectivity index (χ4v) is 3.61. The summed E-state index contributed by atoms with van der Waals surface area (Å²) in [5.41, 5.74) is 0.659. The van der Waals surface area contributed by atoms with Gasteiger partial charge in [0.05, 0.1) is 31.3 Å². The minimum atomic E-state index is -4.35. The van der Waals surface area contributed by atoms with Gasteiger partial charge < -0.3 is 14.6 Å². The Morgan fingerprint density at radius 1 is 1.16 bits per heavy atom. The van der Waals surface area contributed by atoms with Crippen LogP contribution in [0.1, 0.15) is 35.6 Å². The smallest absolute Gasteiger partial charge is 0.416 e. The number of nitrogens with zero attached hydrogens (tertiary/aromatic N) is 1. The number of halogens is 3. The average molecular weight is 437 g/mol. The summed E-state index contributed by atoms with van der Waals surface area (Å²) in [4.78, 5) is 12.8. The van der Waals surface area contributed by atoms with Crippen LogP contribution in [0.15, 0.2) is 48.5 Å². The third-order valence-corrected chi connectivity index (χ3v) is 5.23. The Kier molecular flexibility index (Phi) is 7.92. The molecule has 1 saturated heterocycles. The van der Waals surface area contributed by atoms with Crippen molar-refractivity contribution in [3.05, 3.63) is 65.2 Å². The molecule has 0 radical (unpaired) electrons. The number of morpholine rings is 1. The molecule has 0 aliphatic carbocycles. The number of aliphatic carboxylic acids is 1.